The van der Waals surface area contributed by atoms with Crippen LogP contribution in [0, 0.1) is 5.92 Å². The molecule has 1 fully saturated rings. The highest BCUT2D eigenvalue weighted by molar-refractivity contribution is 14.0. The molecule has 0 atom stereocenters. The third-order valence-electron chi connectivity index (χ3n) is 3.32. The molecule has 1 aliphatic heterocycles. The Balaban J connectivity index is 0.00000324. The molecule has 19 heavy (non-hydrogen) atoms. The van der Waals surface area contributed by atoms with Crippen LogP contribution in [0.4, 0.5) is 0 Å². The molecule has 0 spiro atoms. The monoisotopic (exact) mass is 385 g/mol. The predicted molar refractivity (Wildman–Crippen MR) is 89.4 cm³/mol. The van der Waals surface area contributed by atoms with Crippen LogP contribution in [0.5, 0.6) is 0 Å². The van der Waals surface area contributed by atoms with Crippen LogP contribution in [0.25, 0.3) is 0 Å². The lowest BCUT2D eigenvalue weighted by atomic mass is 9.94. The Kier molecular flexibility index (Phi) is 9.72. The van der Waals surface area contributed by atoms with Crippen LogP contribution in [-0.4, -0.2) is 52.0 Å². The maximum absolute atomic E-state index is 5.67. The summed E-state index contributed by atoms with van der Waals surface area (Å²) in [7, 11) is 3.57. The van der Waals surface area contributed by atoms with Gasteiger partial charge in [-0.05, 0) is 5.92 Å². The molecule has 0 bridgehead atoms. The second kappa shape index (κ2) is 9.77. The molecule has 6 heteroatoms. The maximum atomic E-state index is 5.67. The van der Waals surface area contributed by atoms with Gasteiger partial charge in [0, 0.05) is 53.3 Å². The summed E-state index contributed by atoms with van der Waals surface area (Å²) < 4.78 is 11.1. The van der Waals surface area contributed by atoms with Crippen molar-refractivity contribution in [2.45, 2.75) is 32.3 Å². The van der Waals surface area contributed by atoms with E-state index in [-0.39, 0.29) is 29.6 Å². The highest BCUT2D eigenvalue weighted by Gasteiger charge is 2.32. The van der Waals surface area contributed by atoms with Crippen LogP contribution in [0.15, 0.2) is 4.99 Å². The third-order valence-corrected chi connectivity index (χ3v) is 3.32. The highest BCUT2D eigenvalue weighted by atomic mass is 127. The number of nitrogens with zero attached hydrogens (tertiary/aromatic N) is 1. The van der Waals surface area contributed by atoms with E-state index in [9.17, 15) is 0 Å². The quantitative estimate of drug-likeness (QED) is 0.429. The molecular formula is C13H28IN3O2. The van der Waals surface area contributed by atoms with Gasteiger partial charge in [-0.2, -0.15) is 0 Å². The first kappa shape index (κ1) is 18.9. The smallest absolute Gasteiger partial charge is 0.191 e. The summed E-state index contributed by atoms with van der Waals surface area (Å²) in [5, 5.41) is 6.65. The zero-order chi connectivity index (χ0) is 13.4. The SMILES string of the molecule is CN=C(NCC(C)C)NCC1(OC)CCOCC1.I. The summed E-state index contributed by atoms with van der Waals surface area (Å²) in [6.07, 6.45) is 1.86. The molecule has 0 saturated carbocycles. The molecular weight excluding hydrogens is 357 g/mol. The molecule has 0 unspecified atom stereocenters. The molecule has 1 heterocycles. The standard InChI is InChI=1S/C13H27N3O2.HI/c1-11(2)9-15-12(14-3)16-10-13(17-4)5-7-18-8-6-13;/h11H,5-10H2,1-4H3,(H2,14,15,16);1H. The fourth-order valence-electron chi connectivity index (χ4n) is 1.96. The molecule has 0 amide bonds. The second-order valence-electron chi connectivity index (χ2n) is 5.20. The van der Waals surface area contributed by atoms with Crippen molar-refractivity contribution in [3.63, 3.8) is 0 Å². The Hall–Kier alpha value is -0.0800. The van der Waals surface area contributed by atoms with Crippen LogP contribution < -0.4 is 10.6 Å². The van der Waals surface area contributed by atoms with E-state index in [1.54, 1.807) is 14.2 Å². The average molecular weight is 385 g/mol. The van der Waals surface area contributed by atoms with Crippen molar-refractivity contribution in [3.05, 3.63) is 0 Å². The van der Waals surface area contributed by atoms with Gasteiger partial charge in [0.15, 0.2) is 5.96 Å². The lowest BCUT2D eigenvalue weighted by molar-refractivity contribution is -0.0855. The Morgan fingerprint density at radius 3 is 2.42 bits per heavy atom. The van der Waals surface area contributed by atoms with Crippen molar-refractivity contribution in [2.24, 2.45) is 10.9 Å². The van der Waals surface area contributed by atoms with Crippen molar-refractivity contribution in [2.75, 3.05) is 40.5 Å². The first-order chi connectivity index (χ1) is 8.62. The van der Waals surface area contributed by atoms with E-state index in [1.165, 1.54) is 0 Å². The number of halogens is 1. The zero-order valence-electron chi connectivity index (χ0n) is 12.5. The Morgan fingerprint density at radius 1 is 1.32 bits per heavy atom. The van der Waals surface area contributed by atoms with Gasteiger partial charge in [-0.3, -0.25) is 4.99 Å². The molecule has 0 aromatic rings. The van der Waals surface area contributed by atoms with Gasteiger partial charge in [0.2, 0.25) is 0 Å². The van der Waals surface area contributed by atoms with Crippen LogP contribution in [0.1, 0.15) is 26.7 Å². The number of nitrogens with one attached hydrogen (secondary N) is 2. The van der Waals surface area contributed by atoms with Crippen molar-refractivity contribution in [1.82, 2.24) is 10.6 Å². The van der Waals surface area contributed by atoms with Crippen molar-refractivity contribution >= 4 is 29.9 Å². The predicted octanol–water partition coefficient (Wildman–Crippen LogP) is 1.62. The molecule has 1 saturated heterocycles. The Labute approximate surface area is 133 Å². The van der Waals surface area contributed by atoms with E-state index in [4.69, 9.17) is 9.47 Å². The average Bonchev–Trinajstić information content (AvgIpc) is 2.40. The number of hydrogen-bond donors (Lipinski definition) is 2. The van der Waals surface area contributed by atoms with Gasteiger partial charge in [0.1, 0.15) is 0 Å². The summed E-state index contributed by atoms with van der Waals surface area (Å²) in [4.78, 5) is 4.22. The maximum Gasteiger partial charge on any atom is 0.191 e. The first-order valence-electron chi connectivity index (χ1n) is 6.69. The van der Waals surface area contributed by atoms with E-state index in [2.05, 4.69) is 29.5 Å². The molecule has 1 aliphatic rings. The van der Waals surface area contributed by atoms with Gasteiger partial charge in [0.25, 0.3) is 0 Å². The number of aliphatic imine (C=N–C) groups is 1. The molecule has 114 valence electrons. The van der Waals surface area contributed by atoms with E-state index in [1.807, 2.05) is 0 Å². The first-order valence-corrected chi connectivity index (χ1v) is 6.69. The summed E-state index contributed by atoms with van der Waals surface area (Å²) >= 11 is 0. The number of ether oxygens (including phenoxy) is 2. The molecule has 0 aromatic heterocycles. The van der Waals surface area contributed by atoms with Gasteiger partial charge >= 0.3 is 0 Å². The fraction of sp³-hybridized carbons (Fsp3) is 0.923. The summed E-state index contributed by atoms with van der Waals surface area (Å²) in [6.45, 7) is 7.58. The summed E-state index contributed by atoms with van der Waals surface area (Å²) in [5.74, 6) is 1.44. The van der Waals surface area contributed by atoms with Gasteiger partial charge in [0.05, 0.1) is 5.60 Å². The minimum atomic E-state index is -0.117. The molecule has 0 radical (unpaired) electrons. The van der Waals surface area contributed by atoms with Crippen LogP contribution >= 0.6 is 24.0 Å². The van der Waals surface area contributed by atoms with E-state index >= 15 is 0 Å². The number of hydrogen-bond acceptors (Lipinski definition) is 3. The van der Waals surface area contributed by atoms with Crippen molar-refractivity contribution < 1.29 is 9.47 Å². The van der Waals surface area contributed by atoms with Crippen molar-refractivity contribution in [1.29, 1.82) is 0 Å². The van der Waals surface area contributed by atoms with Gasteiger partial charge < -0.3 is 20.1 Å². The van der Waals surface area contributed by atoms with Crippen LogP contribution in [0.2, 0.25) is 0 Å². The summed E-state index contributed by atoms with van der Waals surface area (Å²) in [5.41, 5.74) is -0.117. The normalized spacial score (nSPS) is 18.9. The van der Waals surface area contributed by atoms with Crippen LogP contribution in [0.3, 0.4) is 0 Å². The van der Waals surface area contributed by atoms with Crippen molar-refractivity contribution in [3.8, 4) is 0 Å². The Bertz CT molecular complexity index is 267. The lowest BCUT2D eigenvalue weighted by Crippen LogP contribution is -2.51. The fourth-order valence-corrected chi connectivity index (χ4v) is 1.96. The van der Waals surface area contributed by atoms with E-state index < -0.39 is 0 Å². The highest BCUT2D eigenvalue weighted by Crippen LogP contribution is 2.23. The molecule has 2 N–H and O–H groups in total. The number of guanidine groups is 1. The minimum Gasteiger partial charge on any atom is -0.381 e. The molecule has 1 rings (SSSR count). The van der Waals surface area contributed by atoms with Crippen LogP contribution in [-0.2, 0) is 9.47 Å². The molecule has 0 aromatic carbocycles. The third kappa shape index (κ3) is 6.76. The van der Waals surface area contributed by atoms with E-state index in [0.717, 1.165) is 45.1 Å². The lowest BCUT2D eigenvalue weighted by Gasteiger charge is -2.36. The second-order valence-corrected chi connectivity index (χ2v) is 5.20. The summed E-state index contributed by atoms with van der Waals surface area (Å²) in [6, 6.07) is 0. The molecule has 5 nitrogen and oxygen atoms in total. The van der Waals surface area contributed by atoms with Gasteiger partial charge in [-0.25, -0.2) is 0 Å². The number of rotatable bonds is 5. The van der Waals surface area contributed by atoms with E-state index in [0.29, 0.717) is 5.92 Å². The van der Waals surface area contributed by atoms with Gasteiger partial charge in [-0.15, -0.1) is 24.0 Å². The molecule has 0 aliphatic carbocycles. The zero-order valence-corrected chi connectivity index (χ0v) is 14.8. The Morgan fingerprint density at radius 2 is 1.95 bits per heavy atom. The largest absolute Gasteiger partial charge is 0.381 e. The number of methoxy groups -OCH3 is 1. The topological polar surface area (TPSA) is 54.9 Å². The van der Waals surface area contributed by atoms with Gasteiger partial charge in [-0.1, -0.05) is 13.8 Å². The minimum absolute atomic E-state index is 0.